The molecule has 3 heteroatoms. The fourth-order valence-corrected chi connectivity index (χ4v) is 2.27. The molecule has 1 aromatic rings. The molecule has 0 aliphatic heterocycles. The fraction of sp³-hybridized carbons (Fsp3) is 0.588. The summed E-state index contributed by atoms with van der Waals surface area (Å²) < 4.78 is 5.51. The van der Waals surface area contributed by atoms with Crippen molar-refractivity contribution in [3.8, 4) is 5.75 Å². The highest BCUT2D eigenvalue weighted by atomic mass is 16.5. The quantitative estimate of drug-likeness (QED) is 0.701. The van der Waals surface area contributed by atoms with Gasteiger partial charge in [-0.3, -0.25) is 4.79 Å². The van der Waals surface area contributed by atoms with Crippen LogP contribution in [-0.2, 0) is 0 Å². The lowest BCUT2D eigenvalue weighted by Gasteiger charge is -2.16. The molecule has 0 spiro atoms. The second kappa shape index (κ2) is 8.75. The van der Waals surface area contributed by atoms with Crippen LogP contribution in [0.25, 0.3) is 0 Å². The highest BCUT2D eigenvalue weighted by Gasteiger charge is 2.15. The first-order valence-corrected chi connectivity index (χ1v) is 7.52. The van der Waals surface area contributed by atoms with E-state index in [4.69, 9.17) is 10.5 Å². The molecule has 2 N–H and O–H groups in total. The standard InChI is InChI=1S/C17H27NO2/c1-4-9-20-16-7-5-15(6-8-16)17(19)11-14(12-18)10-13(2)3/h5-8,13-14H,4,9-12,18H2,1-3H3. The van der Waals surface area contributed by atoms with Gasteiger partial charge in [-0.1, -0.05) is 20.8 Å². The number of ketones is 1. The van der Waals surface area contributed by atoms with E-state index in [9.17, 15) is 4.79 Å². The average Bonchev–Trinajstić information content (AvgIpc) is 2.44. The van der Waals surface area contributed by atoms with E-state index >= 15 is 0 Å². The van der Waals surface area contributed by atoms with E-state index in [0.29, 0.717) is 25.5 Å². The Morgan fingerprint density at radius 3 is 2.40 bits per heavy atom. The van der Waals surface area contributed by atoms with Gasteiger partial charge in [0.1, 0.15) is 5.75 Å². The lowest BCUT2D eigenvalue weighted by atomic mass is 9.91. The number of hydrogen-bond acceptors (Lipinski definition) is 3. The molecule has 0 saturated carbocycles. The van der Waals surface area contributed by atoms with Crippen molar-refractivity contribution in [1.29, 1.82) is 0 Å². The molecule has 112 valence electrons. The van der Waals surface area contributed by atoms with Crippen molar-refractivity contribution in [2.75, 3.05) is 13.2 Å². The van der Waals surface area contributed by atoms with Gasteiger partial charge in [0.2, 0.25) is 0 Å². The molecular weight excluding hydrogens is 250 g/mol. The number of ether oxygens (including phenoxy) is 1. The molecule has 1 rings (SSSR count). The molecule has 0 saturated heterocycles. The van der Waals surface area contributed by atoms with Gasteiger partial charge >= 0.3 is 0 Å². The van der Waals surface area contributed by atoms with Gasteiger partial charge in [0.25, 0.3) is 0 Å². The number of carbonyl (C=O) groups is 1. The van der Waals surface area contributed by atoms with E-state index in [1.54, 1.807) is 0 Å². The number of nitrogens with two attached hydrogens (primary N) is 1. The van der Waals surface area contributed by atoms with Crippen LogP contribution >= 0.6 is 0 Å². The third-order valence-electron chi connectivity index (χ3n) is 3.26. The molecule has 0 aliphatic carbocycles. The van der Waals surface area contributed by atoms with Crippen molar-refractivity contribution in [3.63, 3.8) is 0 Å². The summed E-state index contributed by atoms with van der Waals surface area (Å²) in [6, 6.07) is 7.41. The Morgan fingerprint density at radius 2 is 1.90 bits per heavy atom. The fourth-order valence-electron chi connectivity index (χ4n) is 2.27. The van der Waals surface area contributed by atoms with Crippen molar-refractivity contribution >= 4 is 5.78 Å². The van der Waals surface area contributed by atoms with Crippen LogP contribution in [0.4, 0.5) is 0 Å². The molecule has 20 heavy (non-hydrogen) atoms. The van der Waals surface area contributed by atoms with Crippen LogP contribution in [0.3, 0.4) is 0 Å². The van der Waals surface area contributed by atoms with E-state index in [1.165, 1.54) is 0 Å². The van der Waals surface area contributed by atoms with Crippen molar-refractivity contribution in [1.82, 2.24) is 0 Å². The van der Waals surface area contributed by atoms with E-state index in [0.717, 1.165) is 24.2 Å². The lowest BCUT2D eigenvalue weighted by molar-refractivity contribution is 0.0957. The zero-order valence-electron chi connectivity index (χ0n) is 12.9. The summed E-state index contributed by atoms with van der Waals surface area (Å²) in [6.45, 7) is 7.66. The van der Waals surface area contributed by atoms with Gasteiger partial charge in [0.15, 0.2) is 5.78 Å². The SMILES string of the molecule is CCCOc1ccc(C(=O)CC(CN)CC(C)C)cc1. The molecule has 0 fully saturated rings. The average molecular weight is 277 g/mol. The van der Waals surface area contributed by atoms with Crippen LogP contribution in [-0.4, -0.2) is 18.9 Å². The first kappa shape index (κ1) is 16.7. The van der Waals surface area contributed by atoms with E-state index in [2.05, 4.69) is 20.8 Å². The molecule has 1 aromatic carbocycles. The number of hydrogen-bond donors (Lipinski definition) is 1. The largest absolute Gasteiger partial charge is 0.494 e. The Balaban J connectivity index is 2.58. The van der Waals surface area contributed by atoms with Crippen molar-refractivity contribution in [2.45, 2.75) is 40.0 Å². The monoisotopic (exact) mass is 277 g/mol. The second-order valence-corrected chi connectivity index (χ2v) is 5.73. The third-order valence-corrected chi connectivity index (χ3v) is 3.26. The Labute approximate surface area is 122 Å². The third kappa shape index (κ3) is 5.74. The molecular formula is C17H27NO2. The van der Waals surface area contributed by atoms with Gasteiger partial charge in [-0.15, -0.1) is 0 Å². The molecule has 0 radical (unpaired) electrons. The van der Waals surface area contributed by atoms with Crippen LogP contribution in [0, 0.1) is 11.8 Å². The van der Waals surface area contributed by atoms with Gasteiger partial charge in [-0.25, -0.2) is 0 Å². The summed E-state index contributed by atoms with van der Waals surface area (Å²) in [5, 5.41) is 0. The Morgan fingerprint density at radius 1 is 1.25 bits per heavy atom. The number of Topliss-reactive ketones (excluding diaryl/α,β-unsaturated/α-hetero) is 1. The van der Waals surface area contributed by atoms with Gasteiger partial charge in [0, 0.05) is 12.0 Å². The van der Waals surface area contributed by atoms with Crippen LogP contribution in [0.15, 0.2) is 24.3 Å². The Kier molecular flexibility index (Phi) is 7.31. The smallest absolute Gasteiger partial charge is 0.163 e. The zero-order chi connectivity index (χ0) is 15.0. The molecule has 0 bridgehead atoms. The van der Waals surface area contributed by atoms with Gasteiger partial charge in [-0.05, 0) is 55.5 Å². The van der Waals surface area contributed by atoms with Crippen molar-refractivity contribution in [3.05, 3.63) is 29.8 Å². The first-order valence-electron chi connectivity index (χ1n) is 7.52. The maximum absolute atomic E-state index is 12.2. The summed E-state index contributed by atoms with van der Waals surface area (Å²) in [5.41, 5.74) is 6.50. The van der Waals surface area contributed by atoms with Crippen LogP contribution < -0.4 is 10.5 Å². The second-order valence-electron chi connectivity index (χ2n) is 5.73. The number of carbonyl (C=O) groups excluding carboxylic acids is 1. The summed E-state index contributed by atoms with van der Waals surface area (Å²) in [6.07, 6.45) is 2.51. The molecule has 0 heterocycles. The van der Waals surface area contributed by atoms with Crippen LogP contribution in [0.5, 0.6) is 5.75 Å². The maximum atomic E-state index is 12.2. The van der Waals surface area contributed by atoms with Gasteiger partial charge < -0.3 is 10.5 Å². The summed E-state index contributed by atoms with van der Waals surface area (Å²) in [5.74, 6) is 1.84. The molecule has 0 aliphatic rings. The predicted octanol–water partition coefficient (Wildman–Crippen LogP) is 3.67. The Hall–Kier alpha value is -1.35. The minimum atomic E-state index is 0.170. The minimum Gasteiger partial charge on any atom is -0.494 e. The highest BCUT2D eigenvalue weighted by molar-refractivity contribution is 5.96. The van der Waals surface area contributed by atoms with E-state index in [-0.39, 0.29) is 11.7 Å². The number of rotatable bonds is 9. The van der Waals surface area contributed by atoms with Crippen LogP contribution in [0.2, 0.25) is 0 Å². The zero-order valence-corrected chi connectivity index (χ0v) is 12.9. The topological polar surface area (TPSA) is 52.3 Å². The van der Waals surface area contributed by atoms with Gasteiger partial charge in [0.05, 0.1) is 6.61 Å². The lowest BCUT2D eigenvalue weighted by Crippen LogP contribution is -2.20. The maximum Gasteiger partial charge on any atom is 0.163 e. The summed E-state index contributed by atoms with van der Waals surface area (Å²) in [7, 11) is 0. The van der Waals surface area contributed by atoms with Crippen molar-refractivity contribution in [2.24, 2.45) is 17.6 Å². The minimum absolute atomic E-state index is 0.170. The molecule has 0 aromatic heterocycles. The number of benzene rings is 1. The first-order chi connectivity index (χ1) is 9.56. The molecule has 3 nitrogen and oxygen atoms in total. The molecule has 1 atom stereocenters. The molecule has 1 unspecified atom stereocenters. The predicted molar refractivity (Wildman–Crippen MR) is 83.2 cm³/mol. The van der Waals surface area contributed by atoms with Crippen LogP contribution in [0.1, 0.15) is 50.4 Å². The normalized spacial score (nSPS) is 12.4. The van der Waals surface area contributed by atoms with Crippen molar-refractivity contribution < 1.29 is 9.53 Å². The van der Waals surface area contributed by atoms with Gasteiger partial charge in [-0.2, -0.15) is 0 Å². The highest BCUT2D eigenvalue weighted by Crippen LogP contribution is 2.19. The summed E-state index contributed by atoms with van der Waals surface area (Å²) in [4.78, 5) is 12.2. The Bertz CT molecular complexity index is 398. The van der Waals surface area contributed by atoms with E-state index in [1.807, 2.05) is 24.3 Å². The van der Waals surface area contributed by atoms with E-state index < -0.39 is 0 Å². The molecule has 0 amide bonds. The summed E-state index contributed by atoms with van der Waals surface area (Å²) >= 11 is 0.